The molecule has 0 aromatic rings. The first-order valence-electron chi connectivity index (χ1n) is 5.37. The Morgan fingerprint density at radius 2 is 2.23 bits per heavy atom. The molecule has 1 fully saturated rings. The molecule has 13 heavy (non-hydrogen) atoms. The van der Waals surface area contributed by atoms with Gasteiger partial charge in [0.25, 0.3) is 0 Å². The summed E-state index contributed by atoms with van der Waals surface area (Å²) in [6, 6.07) is 0. The van der Waals surface area contributed by atoms with Crippen molar-refractivity contribution in [1.82, 2.24) is 0 Å². The number of carbonyl (C=O) groups excluding carboxylic acids is 1. The van der Waals surface area contributed by atoms with Gasteiger partial charge >= 0.3 is 0 Å². The molecule has 2 rings (SSSR count). The predicted octanol–water partition coefficient (Wildman–Crippen LogP) is 3.10. The van der Waals surface area contributed by atoms with Gasteiger partial charge in [0.1, 0.15) is 0 Å². The van der Waals surface area contributed by atoms with E-state index in [4.69, 9.17) is 0 Å². The highest BCUT2D eigenvalue weighted by molar-refractivity contribution is 5.91. The van der Waals surface area contributed by atoms with Crippen LogP contribution in [0.4, 0.5) is 0 Å². The van der Waals surface area contributed by atoms with Crippen molar-refractivity contribution in [2.45, 2.75) is 46.0 Å². The van der Waals surface area contributed by atoms with Gasteiger partial charge in [0.2, 0.25) is 0 Å². The Hall–Kier alpha value is -0.590. The van der Waals surface area contributed by atoms with Crippen LogP contribution in [0.15, 0.2) is 11.6 Å². The molecule has 0 radical (unpaired) electrons. The van der Waals surface area contributed by atoms with E-state index in [1.54, 1.807) is 0 Å². The molecule has 0 unspecified atom stereocenters. The van der Waals surface area contributed by atoms with Crippen LogP contribution in [-0.2, 0) is 4.79 Å². The van der Waals surface area contributed by atoms with Crippen molar-refractivity contribution >= 4 is 5.78 Å². The Kier molecular flexibility index (Phi) is 2.05. The molecule has 2 atom stereocenters. The maximum absolute atomic E-state index is 11.4. The number of fused-ring (bicyclic) bond motifs is 1. The lowest BCUT2D eigenvalue weighted by Gasteiger charge is -2.43. The van der Waals surface area contributed by atoms with Crippen LogP contribution in [-0.4, -0.2) is 5.78 Å². The maximum Gasteiger partial charge on any atom is 0.155 e. The lowest BCUT2D eigenvalue weighted by Crippen LogP contribution is -2.35. The molecule has 0 saturated heterocycles. The van der Waals surface area contributed by atoms with E-state index in [2.05, 4.69) is 13.8 Å². The second kappa shape index (κ2) is 2.97. The standard InChI is InChI=1S/C12H18O/c1-9-7-11(13)8-10-5-3-4-6-12(9,10)2/h8-9H,3-7H2,1-2H3/t9-,12+/m0/s1. The van der Waals surface area contributed by atoms with Crippen molar-refractivity contribution in [3.05, 3.63) is 11.6 Å². The molecule has 0 bridgehead atoms. The molecule has 0 spiro atoms. The van der Waals surface area contributed by atoms with E-state index in [1.165, 1.54) is 24.8 Å². The molecule has 0 aliphatic heterocycles. The molecule has 1 nitrogen and oxygen atoms in total. The third kappa shape index (κ3) is 1.34. The lowest BCUT2D eigenvalue weighted by molar-refractivity contribution is -0.117. The van der Waals surface area contributed by atoms with Gasteiger partial charge in [-0.15, -0.1) is 0 Å². The van der Waals surface area contributed by atoms with Gasteiger partial charge in [-0.25, -0.2) is 0 Å². The van der Waals surface area contributed by atoms with Crippen molar-refractivity contribution in [3.8, 4) is 0 Å². The van der Waals surface area contributed by atoms with Crippen LogP contribution in [0.25, 0.3) is 0 Å². The van der Waals surface area contributed by atoms with Crippen molar-refractivity contribution in [1.29, 1.82) is 0 Å². The van der Waals surface area contributed by atoms with Crippen LogP contribution >= 0.6 is 0 Å². The zero-order valence-electron chi connectivity index (χ0n) is 8.60. The van der Waals surface area contributed by atoms with Crippen LogP contribution in [0.2, 0.25) is 0 Å². The van der Waals surface area contributed by atoms with E-state index in [1.807, 2.05) is 6.08 Å². The Morgan fingerprint density at radius 3 is 3.00 bits per heavy atom. The Bertz CT molecular complexity index is 264. The number of allylic oxidation sites excluding steroid dienone is 2. The van der Waals surface area contributed by atoms with Crippen LogP contribution in [0.5, 0.6) is 0 Å². The van der Waals surface area contributed by atoms with Gasteiger partial charge in [-0.05, 0) is 36.7 Å². The number of hydrogen-bond acceptors (Lipinski definition) is 1. The van der Waals surface area contributed by atoms with Crippen LogP contribution in [0.1, 0.15) is 46.0 Å². The van der Waals surface area contributed by atoms with Gasteiger partial charge in [-0.3, -0.25) is 4.79 Å². The topological polar surface area (TPSA) is 17.1 Å². The molecule has 0 heterocycles. The third-order valence-electron chi connectivity index (χ3n) is 4.06. The molecule has 2 aliphatic carbocycles. The van der Waals surface area contributed by atoms with Crippen molar-refractivity contribution in [2.75, 3.05) is 0 Å². The lowest BCUT2D eigenvalue weighted by atomic mass is 9.61. The van der Waals surface area contributed by atoms with E-state index in [0.717, 1.165) is 12.8 Å². The van der Waals surface area contributed by atoms with Gasteiger partial charge in [0.05, 0.1) is 0 Å². The quantitative estimate of drug-likeness (QED) is 0.557. The highest BCUT2D eigenvalue weighted by Gasteiger charge is 2.40. The first-order valence-corrected chi connectivity index (χ1v) is 5.37. The fourth-order valence-corrected chi connectivity index (χ4v) is 2.83. The smallest absolute Gasteiger partial charge is 0.155 e. The molecule has 0 amide bonds. The fraction of sp³-hybridized carbons (Fsp3) is 0.750. The van der Waals surface area contributed by atoms with Gasteiger partial charge in [-0.1, -0.05) is 25.8 Å². The minimum absolute atomic E-state index is 0.349. The van der Waals surface area contributed by atoms with E-state index in [0.29, 0.717) is 17.1 Å². The predicted molar refractivity (Wildman–Crippen MR) is 53.4 cm³/mol. The van der Waals surface area contributed by atoms with Crippen LogP contribution in [0.3, 0.4) is 0 Å². The summed E-state index contributed by atoms with van der Waals surface area (Å²) in [5.41, 5.74) is 1.79. The first kappa shape index (κ1) is 8.98. The van der Waals surface area contributed by atoms with Gasteiger partial charge in [0, 0.05) is 6.42 Å². The summed E-state index contributed by atoms with van der Waals surface area (Å²) in [6.45, 7) is 4.57. The summed E-state index contributed by atoms with van der Waals surface area (Å²) in [4.78, 5) is 11.4. The zero-order valence-corrected chi connectivity index (χ0v) is 8.60. The van der Waals surface area contributed by atoms with E-state index >= 15 is 0 Å². The number of hydrogen-bond donors (Lipinski definition) is 0. The summed E-state index contributed by atoms with van der Waals surface area (Å²) in [5.74, 6) is 0.905. The fourth-order valence-electron chi connectivity index (χ4n) is 2.83. The number of ketones is 1. The summed E-state index contributed by atoms with van der Waals surface area (Å²) in [6.07, 6.45) is 7.76. The molecule has 0 N–H and O–H groups in total. The summed E-state index contributed by atoms with van der Waals surface area (Å²) < 4.78 is 0. The van der Waals surface area contributed by atoms with Crippen molar-refractivity contribution in [2.24, 2.45) is 11.3 Å². The molecule has 1 heteroatoms. The normalized spacial score (nSPS) is 39.7. The monoisotopic (exact) mass is 178 g/mol. The molecular formula is C12H18O. The Morgan fingerprint density at radius 1 is 1.46 bits per heavy atom. The van der Waals surface area contributed by atoms with Gasteiger partial charge in [-0.2, -0.15) is 0 Å². The maximum atomic E-state index is 11.4. The van der Waals surface area contributed by atoms with Crippen LogP contribution in [0, 0.1) is 11.3 Å². The SMILES string of the molecule is C[C@H]1CC(=O)C=C2CCCC[C@@]21C. The molecular weight excluding hydrogens is 160 g/mol. The molecule has 0 aromatic heterocycles. The molecule has 72 valence electrons. The van der Waals surface area contributed by atoms with Gasteiger partial charge < -0.3 is 0 Å². The van der Waals surface area contributed by atoms with Crippen molar-refractivity contribution in [3.63, 3.8) is 0 Å². The largest absolute Gasteiger partial charge is 0.295 e. The number of carbonyl (C=O) groups is 1. The van der Waals surface area contributed by atoms with E-state index in [9.17, 15) is 4.79 Å². The second-order valence-electron chi connectivity index (χ2n) is 4.87. The summed E-state index contributed by atoms with van der Waals surface area (Å²) in [5, 5.41) is 0. The Balaban J connectivity index is 2.35. The van der Waals surface area contributed by atoms with E-state index in [-0.39, 0.29) is 0 Å². The molecule has 1 saturated carbocycles. The van der Waals surface area contributed by atoms with Gasteiger partial charge in [0.15, 0.2) is 5.78 Å². The molecule has 0 aromatic carbocycles. The zero-order chi connectivity index (χ0) is 9.47. The highest BCUT2D eigenvalue weighted by Crippen LogP contribution is 2.49. The first-order chi connectivity index (χ1) is 6.13. The highest BCUT2D eigenvalue weighted by atomic mass is 16.1. The van der Waals surface area contributed by atoms with Crippen molar-refractivity contribution < 1.29 is 4.79 Å². The average Bonchev–Trinajstić information content (AvgIpc) is 2.07. The van der Waals surface area contributed by atoms with Crippen LogP contribution < -0.4 is 0 Å². The molecule has 2 aliphatic rings. The summed E-state index contributed by atoms with van der Waals surface area (Å²) >= 11 is 0. The van der Waals surface area contributed by atoms with E-state index < -0.39 is 0 Å². The number of rotatable bonds is 0. The summed E-state index contributed by atoms with van der Waals surface area (Å²) in [7, 11) is 0. The third-order valence-corrected chi connectivity index (χ3v) is 4.06. The Labute approximate surface area is 80.2 Å². The minimum atomic E-state index is 0.349. The average molecular weight is 178 g/mol. The minimum Gasteiger partial charge on any atom is -0.295 e. The second-order valence-corrected chi connectivity index (χ2v) is 4.87.